The van der Waals surface area contributed by atoms with Gasteiger partial charge in [-0.05, 0) is 18.2 Å². The first-order valence-corrected chi connectivity index (χ1v) is 6.67. The number of rotatable bonds is 1. The van der Waals surface area contributed by atoms with Crippen LogP contribution in [-0.2, 0) is 9.59 Å². The average molecular weight is 340 g/mol. The lowest BCUT2D eigenvalue weighted by Gasteiger charge is -2.05. The number of nitrogens with zero attached hydrogens (tertiary/aromatic N) is 1. The standard InChI is InChI=1S/C13H8BrClN2O2/c1-17-12(18)10(11(15)13(17)19)8-5-16-9-3-2-6(14)4-7(8)9/h2-5,16H,1H3. The van der Waals surface area contributed by atoms with Gasteiger partial charge in [0.1, 0.15) is 5.03 Å². The summed E-state index contributed by atoms with van der Waals surface area (Å²) < 4.78 is 0.891. The van der Waals surface area contributed by atoms with Crippen LogP contribution in [-0.4, -0.2) is 28.7 Å². The molecule has 0 spiro atoms. The highest BCUT2D eigenvalue weighted by atomic mass is 79.9. The molecule has 0 saturated carbocycles. The predicted octanol–water partition coefficient (Wildman–Crippen LogP) is 2.88. The monoisotopic (exact) mass is 338 g/mol. The molecule has 0 saturated heterocycles. The van der Waals surface area contributed by atoms with Gasteiger partial charge in [0.25, 0.3) is 11.8 Å². The fourth-order valence-corrected chi connectivity index (χ4v) is 2.81. The van der Waals surface area contributed by atoms with E-state index in [1.807, 2.05) is 18.2 Å². The van der Waals surface area contributed by atoms with Crippen LogP contribution in [0.15, 0.2) is 33.9 Å². The Kier molecular flexibility index (Phi) is 2.76. The van der Waals surface area contributed by atoms with Crippen molar-refractivity contribution >= 4 is 55.8 Å². The Morgan fingerprint density at radius 3 is 2.63 bits per heavy atom. The van der Waals surface area contributed by atoms with Gasteiger partial charge in [0.2, 0.25) is 0 Å². The third kappa shape index (κ3) is 1.73. The Balaban J connectivity index is 2.28. The van der Waals surface area contributed by atoms with Crippen molar-refractivity contribution in [1.82, 2.24) is 9.88 Å². The number of amides is 2. The third-order valence-electron chi connectivity index (χ3n) is 3.14. The van der Waals surface area contributed by atoms with Crippen LogP contribution in [0.25, 0.3) is 16.5 Å². The maximum atomic E-state index is 12.1. The molecule has 0 atom stereocenters. The summed E-state index contributed by atoms with van der Waals surface area (Å²) in [6.45, 7) is 0. The van der Waals surface area contributed by atoms with E-state index in [2.05, 4.69) is 20.9 Å². The number of carbonyl (C=O) groups is 2. The molecule has 3 rings (SSSR count). The van der Waals surface area contributed by atoms with Gasteiger partial charge in [0, 0.05) is 34.2 Å². The largest absolute Gasteiger partial charge is 0.361 e. The molecule has 1 N–H and O–H groups in total. The lowest BCUT2D eigenvalue weighted by Crippen LogP contribution is -2.26. The topological polar surface area (TPSA) is 53.2 Å². The maximum Gasteiger partial charge on any atom is 0.272 e. The fourth-order valence-electron chi connectivity index (χ4n) is 2.14. The van der Waals surface area contributed by atoms with Crippen molar-refractivity contribution in [2.75, 3.05) is 7.05 Å². The molecule has 6 heteroatoms. The van der Waals surface area contributed by atoms with Crippen LogP contribution < -0.4 is 0 Å². The lowest BCUT2D eigenvalue weighted by atomic mass is 10.1. The van der Waals surface area contributed by atoms with Gasteiger partial charge < -0.3 is 4.98 Å². The van der Waals surface area contributed by atoms with Gasteiger partial charge in [0.15, 0.2) is 0 Å². The molecule has 2 aromatic rings. The highest BCUT2D eigenvalue weighted by molar-refractivity contribution is 9.10. The number of likely N-dealkylation sites (N-methyl/N-ethyl adjacent to an activating group) is 1. The molecule has 2 heterocycles. The van der Waals surface area contributed by atoms with E-state index in [4.69, 9.17) is 11.6 Å². The summed E-state index contributed by atoms with van der Waals surface area (Å²) in [4.78, 5) is 27.9. The van der Waals surface area contributed by atoms with E-state index in [0.29, 0.717) is 5.56 Å². The van der Waals surface area contributed by atoms with Gasteiger partial charge in [-0.2, -0.15) is 0 Å². The summed E-state index contributed by atoms with van der Waals surface area (Å²) in [5.41, 5.74) is 1.77. The molecule has 2 amide bonds. The Labute approximate surface area is 122 Å². The second kappa shape index (κ2) is 4.21. The summed E-state index contributed by atoms with van der Waals surface area (Å²) in [6.07, 6.45) is 1.69. The number of fused-ring (bicyclic) bond motifs is 1. The quantitative estimate of drug-likeness (QED) is 0.812. The molecule has 1 aliphatic rings. The van der Waals surface area contributed by atoms with Crippen LogP contribution in [0.1, 0.15) is 5.56 Å². The van der Waals surface area contributed by atoms with Crippen molar-refractivity contribution in [1.29, 1.82) is 0 Å². The summed E-state index contributed by atoms with van der Waals surface area (Å²) in [6, 6.07) is 5.67. The zero-order chi connectivity index (χ0) is 13.7. The maximum absolute atomic E-state index is 12.1. The van der Waals surface area contributed by atoms with E-state index in [9.17, 15) is 9.59 Å². The van der Waals surface area contributed by atoms with Crippen molar-refractivity contribution in [3.05, 3.63) is 39.5 Å². The molecule has 1 aliphatic heterocycles. The van der Waals surface area contributed by atoms with Crippen molar-refractivity contribution < 1.29 is 9.59 Å². The van der Waals surface area contributed by atoms with Gasteiger partial charge in [-0.25, -0.2) is 0 Å². The number of carbonyl (C=O) groups excluding carboxylic acids is 2. The molecule has 0 fully saturated rings. The van der Waals surface area contributed by atoms with Gasteiger partial charge in [0.05, 0.1) is 5.57 Å². The molecular formula is C13H8BrClN2O2. The molecule has 1 aromatic carbocycles. The minimum Gasteiger partial charge on any atom is -0.361 e. The van der Waals surface area contributed by atoms with E-state index in [1.54, 1.807) is 6.20 Å². The summed E-state index contributed by atoms with van der Waals surface area (Å²) in [5.74, 6) is -0.845. The van der Waals surface area contributed by atoms with E-state index in [-0.39, 0.29) is 16.5 Å². The van der Waals surface area contributed by atoms with Crippen LogP contribution in [0, 0.1) is 0 Å². The lowest BCUT2D eigenvalue weighted by molar-refractivity contribution is -0.134. The Morgan fingerprint density at radius 1 is 1.26 bits per heavy atom. The molecule has 0 unspecified atom stereocenters. The third-order valence-corrected chi connectivity index (χ3v) is 3.99. The van der Waals surface area contributed by atoms with Crippen molar-refractivity contribution in [2.45, 2.75) is 0 Å². The van der Waals surface area contributed by atoms with Gasteiger partial charge in [-0.15, -0.1) is 0 Å². The number of imide groups is 1. The molecular weight excluding hydrogens is 332 g/mol. The number of aromatic amines is 1. The van der Waals surface area contributed by atoms with Crippen LogP contribution in [0.2, 0.25) is 0 Å². The molecule has 19 heavy (non-hydrogen) atoms. The van der Waals surface area contributed by atoms with Crippen LogP contribution in [0.4, 0.5) is 0 Å². The molecule has 0 bridgehead atoms. The van der Waals surface area contributed by atoms with Crippen molar-refractivity contribution in [3.8, 4) is 0 Å². The zero-order valence-corrected chi connectivity index (χ0v) is 12.2. The SMILES string of the molecule is CN1C(=O)C(Cl)=C(c2c[nH]c3ccc(Br)cc23)C1=O. The van der Waals surface area contributed by atoms with Gasteiger partial charge in [-0.3, -0.25) is 14.5 Å². The molecule has 1 aromatic heterocycles. The highest BCUT2D eigenvalue weighted by Crippen LogP contribution is 2.35. The van der Waals surface area contributed by atoms with Crippen LogP contribution in [0.3, 0.4) is 0 Å². The number of aromatic nitrogens is 1. The summed E-state index contributed by atoms with van der Waals surface area (Å²) in [5, 5.41) is 0.812. The first-order valence-electron chi connectivity index (χ1n) is 5.50. The van der Waals surface area contributed by atoms with Crippen molar-refractivity contribution in [2.24, 2.45) is 0 Å². The number of nitrogens with one attached hydrogen (secondary N) is 1. The zero-order valence-electron chi connectivity index (χ0n) is 9.83. The number of H-pyrrole nitrogens is 1. The first-order chi connectivity index (χ1) is 9.00. The first kappa shape index (κ1) is 12.4. The van der Waals surface area contributed by atoms with Crippen LogP contribution in [0.5, 0.6) is 0 Å². The number of hydrogen-bond donors (Lipinski definition) is 1. The molecule has 96 valence electrons. The van der Waals surface area contributed by atoms with E-state index in [0.717, 1.165) is 20.3 Å². The van der Waals surface area contributed by atoms with Gasteiger partial charge >= 0.3 is 0 Å². The summed E-state index contributed by atoms with van der Waals surface area (Å²) in [7, 11) is 1.42. The van der Waals surface area contributed by atoms with E-state index in [1.165, 1.54) is 7.05 Å². The number of hydrogen-bond acceptors (Lipinski definition) is 2. The Hall–Kier alpha value is -1.59. The second-order valence-corrected chi connectivity index (χ2v) is 5.54. The summed E-state index contributed by atoms with van der Waals surface area (Å²) >= 11 is 9.38. The normalized spacial score (nSPS) is 16.1. The molecule has 4 nitrogen and oxygen atoms in total. The fraction of sp³-hybridized carbons (Fsp3) is 0.0769. The Bertz CT molecular complexity index is 763. The average Bonchev–Trinajstić information content (AvgIpc) is 2.86. The second-order valence-electron chi connectivity index (χ2n) is 4.25. The van der Waals surface area contributed by atoms with Gasteiger partial charge in [-0.1, -0.05) is 27.5 Å². The van der Waals surface area contributed by atoms with E-state index >= 15 is 0 Å². The van der Waals surface area contributed by atoms with Crippen LogP contribution >= 0.6 is 27.5 Å². The smallest absolute Gasteiger partial charge is 0.272 e. The minimum atomic E-state index is -0.467. The molecule has 0 aliphatic carbocycles. The highest BCUT2D eigenvalue weighted by Gasteiger charge is 2.36. The molecule has 0 radical (unpaired) electrons. The Morgan fingerprint density at radius 2 is 2.00 bits per heavy atom. The van der Waals surface area contributed by atoms with E-state index < -0.39 is 5.91 Å². The number of benzene rings is 1. The van der Waals surface area contributed by atoms with Crippen molar-refractivity contribution in [3.63, 3.8) is 0 Å². The predicted molar refractivity (Wildman–Crippen MR) is 76.5 cm³/mol. The number of halogens is 2. The minimum absolute atomic E-state index is 0.0339.